The van der Waals surface area contributed by atoms with Crippen molar-refractivity contribution >= 4 is 0 Å². The van der Waals surface area contributed by atoms with Crippen LogP contribution in [0.2, 0.25) is 0 Å². The lowest BCUT2D eigenvalue weighted by atomic mass is 10.1. The summed E-state index contributed by atoms with van der Waals surface area (Å²) in [4.78, 5) is 0. The topological polar surface area (TPSA) is 12.0 Å². The zero-order valence-electron chi connectivity index (χ0n) is 8.78. The molecule has 0 amide bonds. The first-order chi connectivity index (χ1) is 5.57. The van der Waals surface area contributed by atoms with Crippen molar-refractivity contribution in [1.82, 2.24) is 5.32 Å². The summed E-state index contributed by atoms with van der Waals surface area (Å²) >= 11 is 0. The Labute approximate surface area is 76.6 Å². The minimum Gasteiger partial charge on any atom is -0.385 e. The van der Waals surface area contributed by atoms with Crippen molar-refractivity contribution in [3.05, 3.63) is 23.9 Å². The maximum atomic E-state index is 4.00. The Kier molecular flexibility index (Phi) is 5.52. The predicted octanol–water partition coefficient (Wildman–Crippen LogP) is 3.10. The molecule has 0 radical (unpaired) electrons. The predicted molar refractivity (Wildman–Crippen MR) is 56.0 cm³/mol. The molecule has 0 aliphatic carbocycles. The average Bonchev–Trinajstić information content (AvgIpc) is 2.00. The molecule has 0 aromatic carbocycles. The van der Waals surface area contributed by atoms with Gasteiger partial charge in [0.15, 0.2) is 0 Å². The van der Waals surface area contributed by atoms with Crippen molar-refractivity contribution in [2.24, 2.45) is 5.92 Å². The number of hydrogen-bond donors (Lipinski definition) is 1. The maximum Gasteiger partial charge on any atom is 0.0356 e. The largest absolute Gasteiger partial charge is 0.385 e. The van der Waals surface area contributed by atoms with Gasteiger partial charge in [-0.25, -0.2) is 0 Å². The second kappa shape index (κ2) is 5.87. The van der Waals surface area contributed by atoms with Gasteiger partial charge in [0, 0.05) is 12.2 Å². The van der Waals surface area contributed by atoms with Gasteiger partial charge < -0.3 is 5.32 Å². The van der Waals surface area contributed by atoms with Crippen molar-refractivity contribution in [2.75, 3.05) is 6.54 Å². The van der Waals surface area contributed by atoms with Crippen molar-refractivity contribution in [3.63, 3.8) is 0 Å². The smallest absolute Gasteiger partial charge is 0.0356 e. The van der Waals surface area contributed by atoms with Crippen LogP contribution in [-0.2, 0) is 0 Å². The number of rotatable bonds is 5. The SMILES string of the molecule is C=C(CN/C(C)=C\CC)C(C)C. The van der Waals surface area contributed by atoms with E-state index in [-0.39, 0.29) is 0 Å². The van der Waals surface area contributed by atoms with Crippen LogP contribution < -0.4 is 5.32 Å². The normalized spacial score (nSPS) is 11.9. The van der Waals surface area contributed by atoms with Crippen molar-refractivity contribution in [3.8, 4) is 0 Å². The highest BCUT2D eigenvalue weighted by Gasteiger charge is 1.98. The van der Waals surface area contributed by atoms with E-state index in [1.165, 1.54) is 11.3 Å². The molecule has 0 saturated heterocycles. The van der Waals surface area contributed by atoms with Crippen LogP contribution in [0.25, 0.3) is 0 Å². The minimum absolute atomic E-state index is 0.576. The van der Waals surface area contributed by atoms with Crippen LogP contribution >= 0.6 is 0 Å². The van der Waals surface area contributed by atoms with E-state index >= 15 is 0 Å². The van der Waals surface area contributed by atoms with E-state index in [4.69, 9.17) is 0 Å². The lowest BCUT2D eigenvalue weighted by Gasteiger charge is -2.11. The summed E-state index contributed by atoms with van der Waals surface area (Å²) in [6.45, 7) is 13.5. The molecule has 0 spiro atoms. The molecular weight excluding hydrogens is 146 g/mol. The Morgan fingerprint density at radius 1 is 1.50 bits per heavy atom. The summed E-state index contributed by atoms with van der Waals surface area (Å²) in [6, 6.07) is 0. The second-order valence-electron chi connectivity index (χ2n) is 3.46. The fourth-order valence-electron chi connectivity index (χ4n) is 0.835. The Bertz CT molecular complexity index is 166. The van der Waals surface area contributed by atoms with Crippen LogP contribution in [0.3, 0.4) is 0 Å². The third kappa shape index (κ3) is 5.00. The molecule has 1 heteroatoms. The zero-order chi connectivity index (χ0) is 9.56. The zero-order valence-corrected chi connectivity index (χ0v) is 8.78. The summed E-state index contributed by atoms with van der Waals surface area (Å²) in [5.41, 5.74) is 2.51. The molecule has 0 saturated carbocycles. The van der Waals surface area contributed by atoms with E-state index in [9.17, 15) is 0 Å². The van der Waals surface area contributed by atoms with Crippen molar-refractivity contribution in [2.45, 2.75) is 34.1 Å². The maximum absolute atomic E-state index is 4.00. The Morgan fingerprint density at radius 3 is 2.50 bits per heavy atom. The summed E-state index contributed by atoms with van der Waals surface area (Å²) in [5.74, 6) is 0.576. The molecule has 12 heavy (non-hydrogen) atoms. The number of allylic oxidation sites excluding steroid dienone is 2. The highest BCUT2D eigenvalue weighted by molar-refractivity contribution is 5.04. The van der Waals surface area contributed by atoms with Gasteiger partial charge in [0.25, 0.3) is 0 Å². The molecule has 0 aromatic rings. The first-order valence-corrected chi connectivity index (χ1v) is 4.66. The molecule has 0 aliphatic rings. The minimum atomic E-state index is 0.576. The quantitative estimate of drug-likeness (QED) is 0.620. The summed E-state index contributed by atoms with van der Waals surface area (Å²) in [7, 11) is 0. The molecular formula is C11H21N. The lowest BCUT2D eigenvalue weighted by molar-refractivity contribution is 0.709. The molecule has 0 aromatic heterocycles. The van der Waals surface area contributed by atoms with Gasteiger partial charge in [0.1, 0.15) is 0 Å². The second-order valence-corrected chi connectivity index (χ2v) is 3.46. The van der Waals surface area contributed by atoms with E-state index in [2.05, 4.69) is 45.7 Å². The van der Waals surface area contributed by atoms with Crippen LogP contribution in [0, 0.1) is 5.92 Å². The number of nitrogens with one attached hydrogen (secondary N) is 1. The van der Waals surface area contributed by atoms with E-state index in [0.717, 1.165) is 13.0 Å². The average molecular weight is 167 g/mol. The van der Waals surface area contributed by atoms with Crippen molar-refractivity contribution in [1.29, 1.82) is 0 Å². The van der Waals surface area contributed by atoms with Gasteiger partial charge in [-0.2, -0.15) is 0 Å². The molecule has 0 aliphatic heterocycles. The van der Waals surface area contributed by atoms with Gasteiger partial charge in [0.05, 0.1) is 0 Å². The van der Waals surface area contributed by atoms with Gasteiger partial charge >= 0.3 is 0 Å². The van der Waals surface area contributed by atoms with Crippen LogP contribution in [0.4, 0.5) is 0 Å². The van der Waals surface area contributed by atoms with Crippen LogP contribution in [0.1, 0.15) is 34.1 Å². The summed E-state index contributed by atoms with van der Waals surface area (Å²) in [5, 5.41) is 3.33. The van der Waals surface area contributed by atoms with Crippen LogP contribution in [-0.4, -0.2) is 6.54 Å². The highest BCUT2D eigenvalue weighted by atomic mass is 14.9. The molecule has 0 unspecified atom stereocenters. The molecule has 0 heterocycles. The van der Waals surface area contributed by atoms with Gasteiger partial charge in [0.2, 0.25) is 0 Å². The molecule has 1 nitrogen and oxygen atoms in total. The van der Waals surface area contributed by atoms with Gasteiger partial charge in [-0.3, -0.25) is 0 Å². The van der Waals surface area contributed by atoms with Gasteiger partial charge in [-0.05, 0) is 19.3 Å². The highest BCUT2D eigenvalue weighted by Crippen LogP contribution is 2.05. The van der Waals surface area contributed by atoms with E-state index in [1.54, 1.807) is 0 Å². The molecule has 70 valence electrons. The van der Waals surface area contributed by atoms with Crippen molar-refractivity contribution < 1.29 is 0 Å². The molecule has 0 bridgehead atoms. The molecule has 0 fully saturated rings. The first kappa shape index (κ1) is 11.3. The van der Waals surface area contributed by atoms with E-state index in [1.807, 2.05) is 0 Å². The van der Waals surface area contributed by atoms with Gasteiger partial charge in [-0.15, -0.1) is 0 Å². The van der Waals surface area contributed by atoms with Crippen LogP contribution in [0.15, 0.2) is 23.9 Å². The van der Waals surface area contributed by atoms with E-state index in [0.29, 0.717) is 5.92 Å². The Morgan fingerprint density at radius 2 is 2.08 bits per heavy atom. The standard InChI is InChI=1S/C11H21N/c1-6-7-11(5)12-8-10(4)9(2)3/h7,9,12H,4,6,8H2,1-3,5H3/b11-7-. The first-order valence-electron chi connectivity index (χ1n) is 4.66. The number of hydrogen-bond acceptors (Lipinski definition) is 1. The molecule has 0 atom stereocenters. The summed E-state index contributed by atoms with van der Waals surface area (Å²) < 4.78 is 0. The molecule has 0 rings (SSSR count). The van der Waals surface area contributed by atoms with Gasteiger partial charge in [-0.1, -0.05) is 39.0 Å². The van der Waals surface area contributed by atoms with E-state index < -0.39 is 0 Å². The fraction of sp³-hybridized carbons (Fsp3) is 0.636. The molecule has 1 N–H and O–H groups in total. The Balaban J connectivity index is 3.69. The fourth-order valence-corrected chi connectivity index (χ4v) is 0.835. The monoisotopic (exact) mass is 167 g/mol. The third-order valence-corrected chi connectivity index (χ3v) is 1.92. The third-order valence-electron chi connectivity index (χ3n) is 1.92. The Hall–Kier alpha value is -0.720. The van der Waals surface area contributed by atoms with Crippen LogP contribution in [0.5, 0.6) is 0 Å². The lowest BCUT2D eigenvalue weighted by Crippen LogP contribution is -2.16. The summed E-state index contributed by atoms with van der Waals surface area (Å²) in [6.07, 6.45) is 3.28.